The van der Waals surface area contributed by atoms with Crippen molar-refractivity contribution < 1.29 is 19.1 Å². The molecule has 2 aromatic heterocycles. The fourth-order valence-corrected chi connectivity index (χ4v) is 8.65. The Morgan fingerprint density at radius 2 is 1.13 bits per heavy atom. The van der Waals surface area contributed by atoms with Gasteiger partial charge in [0.15, 0.2) is 13.5 Å². The van der Waals surface area contributed by atoms with E-state index in [-0.39, 0.29) is 48.2 Å². The SMILES string of the molecule is CN1CCc2ccc(Nc3ncc4c(n3)OCN(c3c(Cl)cccc3Cl)C4=O)cc2C1.O=C1c2cnc(Nc3ccc4c(c3)CNCC4)nc2OCN1c1c(Cl)cccc1Cl. The van der Waals surface area contributed by atoms with Gasteiger partial charge in [0.05, 0.1) is 31.5 Å². The molecule has 6 heterocycles. The molecule has 4 aliphatic heterocycles. The molecule has 0 saturated carbocycles. The Bertz CT molecular complexity index is 2670. The number of nitrogens with one attached hydrogen (secondary N) is 3. The highest BCUT2D eigenvalue weighted by Crippen LogP contribution is 2.39. The van der Waals surface area contributed by atoms with Crippen molar-refractivity contribution in [3.63, 3.8) is 0 Å². The molecule has 310 valence electrons. The number of fused-ring (bicyclic) bond motifs is 4. The van der Waals surface area contributed by atoms with Gasteiger partial charge < -0.3 is 30.3 Å². The van der Waals surface area contributed by atoms with Crippen LogP contribution in [0.5, 0.6) is 11.8 Å². The molecule has 2 amide bonds. The van der Waals surface area contributed by atoms with Crippen molar-refractivity contribution in [3.8, 4) is 11.8 Å². The minimum Gasteiger partial charge on any atom is -0.455 e. The maximum absolute atomic E-state index is 13.0. The van der Waals surface area contributed by atoms with Crippen molar-refractivity contribution in [1.29, 1.82) is 0 Å². The van der Waals surface area contributed by atoms with E-state index in [1.165, 1.54) is 44.4 Å². The topological polar surface area (TPSA) is 150 Å². The fourth-order valence-electron chi connectivity index (χ4n) is 7.44. The standard InChI is InChI=1S/C22H19Cl2N5O2.C21H17Cl2N5O2/c1-28-8-7-13-5-6-15(9-14(13)11-28)26-22-25-10-16-20(27-22)31-12-29(21(16)30)19-17(23)3-2-4-18(19)24;22-16-2-1-3-17(23)18(16)28-11-30-19-15(20(28)29)10-25-21(27-19)26-14-5-4-12-6-7-24-9-13(12)8-14/h2-6,9-10H,7-8,11-12H2,1H3,(H,25,26,27);1-5,8,10,24H,6-7,9,11H2,(H,25,26,27). The van der Waals surface area contributed by atoms with E-state index in [0.717, 1.165) is 50.4 Å². The van der Waals surface area contributed by atoms with E-state index in [4.69, 9.17) is 55.9 Å². The lowest BCUT2D eigenvalue weighted by Gasteiger charge is -2.29. The quantitative estimate of drug-likeness (QED) is 0.147. The minimum absolute atomic E-state index is 0.0447. The normalized spacial score (nSPS) is 15.6. The average Bonchev–Trinajstić information content (AvgIpc) is 3.25. The minimum atomic E-state index is -0.322. The smallest absolute Gasteiger partial charge is 0.268 e. The van der Waals surface area contributed by atoms with Crippen LogP contribution in [-0.2, 0) is 25.9 Å². The van der Waals surface area contributed by atoms with Crippen molar-refractivity contribution in [2.24, 2.45) is 0 Å². The summed E-state index contributed by atoms with van der Waals surface area (Å²) in [4.78, 5) is 48.4. The number of carbonyl (C=O) groups excluding carboxylic acids is 2. The molecule has 0 saturated heterocycles. The van der Waals surface area contributed by atoms with Crippen LogP contribution in [0.1, 0.15) is 43.0 Å². The summed E-state index contributed by atoms with van der Waals surface area (Å²) >= 11 is 25.0. The summed E-state index contributed by atoms with van der Waals surface area (Å²) in [6.07, 6.45) is 4.97. The molecule has 0 atom stereocenters. The number of halogens is 4. The number of nitrogens with zero attached hydrogens (tertiary/aromatic N) is 7. The molecule has 6 aromatic rings. The Labute approximate surface area is 370 Å². The molecule has 0 fully saturated rings. The van der Waals surface area contributed by atoms with Gasteiger partial charge >= 0.3 is 0 Å². The zero-order valence-electron chi connectivity index (χ0n) is 32.5. The van der Waals surface area contributed by atoms with E-state index < -0.39 is 0 Å². The van der Waals surface area contributed by atoms with Gasteiger partial charge in [0.25, 0.3) is 11.8 Å². The second kappa shape index (κ2) is 17.3. The zero-order chi connectivity index (χ0) is 42.2. The molecule has 4 aromatic carbocycles. The van der Waals surface area contributed by atoms with Crippen LogP contribution in [0, 0.1) is 0 Å². The van der Waals surface area contributed by atoms with Crippen LogP contribution >= 0.6 is 46.4 Å². The van der Waals surface area contributed by atoms with Crippen LogP contribution in [0.15, 0.2) is 85.2 Å². The van der Waals surface area contributed by atoms with Crippen molar-refractivity contribution >= 4 is 92.9 Å². The van der Waals surface area contributed by atoms with E-state index in [1.807, 2.05) is 12.1 Å². The van der Waals surface area contributed by atoms with E-state index in [9.17, 15) is 9.59 Å². The Kier molecular flexibility index (Phi) is 11.5. The summed E-state index contributed by atoms with van der Waals surface area (Å²) in [5.74, 6) is 0.517. The van der Waals surface area contributed by atoms with Crippen LogP contribution in [0.3, 0.4) is 0 Å². The van der Waals surface area contributed by atoms with Gasteiger partial charge in [-0.05, 0) is 97.2 Å². The Balaban J connectivity index is 0.000000156. The summed E-state index contributed by atoms with van der Waals surface area (Å²) in [7, 11) is 2.11. The first-order chi connectivity index (χ1) is 29.6. The van der Waals surface area contributed by atoms with Gasteiger partial charge in [-0.1, -0.05) is 70.7 Å². The third-order valence-electron chi connectivity index (χ3n) is 10.5. The van der Waals surface area contributed by atoms with Gasteiger partial charge in [-0.25, -0.2) is 9.97 Å². The first kappa shape index (κ1) is 40.7. The Morgan fingerprint density at radius 3 is 1.66 bits per heavy atom. The van der Waals surface area contributed by atoms with Gasteiger partial charge in [-0.2, -0.15) is 9.97 Å². The summed E-state index contributed by atoms with van der Waals surface area (Å²) in [5.41, 5.74) is 8.32. The predicted molar refractivity (Wildman–Crippen MR) is 236 cm³/mol. The molecule has 61 heavy (non-hydrogen) atoms. The Morgan fingerprint density at radius 1 is 0.639 bits per heavy atom. The molecule has 0 spiro atoms. The van der Waals surface area contributed by atoms with E-state index >= 15 is 0 Å². The second-order valence-corrected chi connectivity index (χ2v) is 16.2. The molecular weight excluding hydrogens is 862 g/mol. The van der Waals surface area contributed by atoms with Gasteiger partial charge in [-0.3, -0.25) is 19.4 Å². The lowest BCUT2D eigenvalue weighted by Crippen LogP contribution is -2.39. The lowest BCUT2D eigenvalue weighted by atomic mass is 9.99. The molecule has 14 nitrogen and oxygen atoms in total. The van der Waals surface area contributed by atoms with Crippen molar-refractivity contribution in [2.75, 3.05) is 54.0 Å². The molecule has 0 radical (unpaired) electrons. The number of anilines is 6. The average molecular weight is 899 g/mol. The number of carbonyl (C=O) groups is 2. The highest BCUT2D eigenvalue weighted by Gasteiger charge is 2.33. The molecule has 0 bridgehead atoms. The van der Waals surface area contributed by atoms with Gasteiger partial charge in [-0.15, -0.1) is 0 Å². The Hall–Kier alpha value is -5.74. The largest absolute Gasteiger partial charge is 0.455 e. The molecule has 18 heteroatoms. The van der Waals surface area contributed by atoms with E-state index in [2.05, 4.69) is 72.1 Å². The van der Waals surface area contributed by atoms with Crippen molar-refractivity contribution in [3.05, 3.63) is 139 Å². The third-order valence-corrected chi connectivity index (χ3v) is 11.8. The maximum Gasteiger partial charge on any atom is 0.268 e. The van der Waals surface area contributed by atoms with Crippen LogP contribution < -0.4 is 35.2 Å². The van der Waals surface area contributed by atoms with Crippen molar-refractivity contribution in [2.45, 2.75) is 25.9 Å². The number of ether oxygens (including phenoxy) is 2. The summed E-state index contributed by atoms with van der Waals surface area (Å²) in [6.45, 7) is 3.72. The number of aromatic nitrogens is 4. The number of benzene rings is 4. The lowest BCUT2D eigenvalue weighted by molar-refractivity contribution is 0.0924. The summed E-state index contributed by atoms with van der Waals surface area (Å²) in [5, 5.41) is 11.2. The number of para-hydroxylation sites is 2. The van der Waals surface area contributed by atoms with Crippen LogP contribution in [0.2, 0.25) is 20.1 Å². The monoisotopic (exact) mass is 896 g/mol. The maximum atomic E-state index is 13.0. The van der Waals surface area contributed by atoms with Crippen molar-refractivity contribution in [1.82, 2.24) is 30.2 Å². The molecule has 0 unspecified atom stereocenters. The highest BCUT2D eigenvalue weighted by molar-refractivity contribution is 6.41. The molecule has 4 aliphatic rings. The number of likely N-dealkylation sites (N-methyl/N-ethyl adjacent to an activating group) is 1. The molecule has 0 aliphatic carbocycles. The van der Waals surface area contributed by atoms with Crippen LogP contribution in [-0.4, -0.2) is 70.2 Å². The number of hydrogen-bond acceptors (Lipinski definition) is 12. The first-order valence-electron chi connectivity index (χ1n) is 19.3. The number of amides is 2. The molecule has 3 N–H and O–H groups in total. The third kappa shape index (κ3) is 8.47. The van der Waals surface area contributed by atoms with E-state index in [0.29, 0.717) is 43.4 Å². The zero-order valence-corrected chi connectivity index (χ0v) is 35.5. The molecule has 10 rings (SSSR count). The number of rotatable bonds is 6. The number of hydrogen-bond donors (Lipinski definition) is 3. The van der Waals surface area contributed by atoms with Crippen LogP contribution in [0.25, 0.3) is 0 Å². The van der Waals surface area contributed by atoms with Gasteiger partial charge in [0.2, 0.25) is 23.7 Å². The first-order valence-corrected chi connectivity index (χ1v) is 20.8. The highest BCUT2D eigenvalue weighted by atomic mass is 35.5. The summed E-state index contributed by atoms with van der Waals surface area (Å²) < 4.78 is 11.5. The van der Waals surface area contributed by atoms with Crippen LogP contribution in [0.4, 0.5) is 34.6 Å². The van der Waals surface area contributed by atoms with Gasteiger partial charge in [0.1, 0.15) is 11.1 Å². The predicted octanol–water partition coefficient (Wildman–Crippen LogP) is 8.68. The van der Waals surface area contributed by atoms with E-state index in [1.54, 1.807) is 36.4 Å². The molecular formula is C43H36Cl4N10O4. The fraction of sp³-hybridized carbons (Fsp3) is 0.209. The van der Waals surface area contributed by atoms with Gasteiger partial charge in [0, 0.05) is 43.4 Å². The summed E-state index contributed by atoms with van der Waals surface area (Å²) in [6, 6.07) is 22.6. The second-order valence-electron chi connectivity index (χ2n) is 14.6.